The van der Waals surface area contributed by atoms with Crippen LogP contribution in [0, 0.1) is 5.41 Å². The number of fused-ring (bicyclic) bond motifs is 1. The van der Waals surface area contributed by atoms with E-state index in [1.54, 1.807) is 13.2 Å². The van der Waals surface area contributed by atoms with Crippen molar-refractivity contribution < 1.29 is 33.6 Å². The maximum absolute atomic E-state index is 14.3. The number of nitrogens with zero attached hydrogens (tertiary/aromatic N) is 1. The smallest absolute Gasteiger partial charge is 0.245 e. The number of aromatic amines is 1. The molecule has 0 bridgehead atoms. The van der Waals surface area contributed by atoms with Gasteiger partial charge in [-0.05, 0) is 74.8 Å². The van der Waals surface area contributed by atoms with Gasteiger partial charge in [0.05, 0.1) is 12.1 Å². The molecule has 5 rings (SSSR count). The number of aromatic nitrogens is 1. The van der Waals surface area contributed by atoms with E-state index in [-0.39, 0.29) is 51.2 Å². The number of amides is 6. The molecule has 11 N–H and O–H groups in total. The molecule has 1 aromatic heterocycles. The molecule has 1 saturated heterocycles. The molecule has 352 valence electrons. The van der Waals surface area contributed by atoms with Gasteiger partial charge in [-0.1, -0.05) is 78.9 Å². The highest BCUT2D eigenvalue weighted by Gasteiger charge is 2.35. The Morgan fingerprint density at radius 1 is 0.712 bits per heavy atom. The van der Waals surface area contributed by atoms with E-state index in [0.29, 0.717) is 32.2 Å². The first kappa shape index (κ1) is 49.9. The van der Waals surface area contributed by atoms with Crippen LogP contribution in [0.2, 0.25) is 0 Å². The van der Waals surface area contributed by atoms with Crippen molar-refractivity contribution in [2.45, 2.75) is 101 Å². The van der Waals surface area contributed by atoms with Crippen LogP contribution in [-0.2, 0) is 52.8 Å². The Balaban J connectivity index is 1.30. The summed E-state index contributed by atoms with van der Waals surface area (Å²) in [5.74, 6) is -3.20. The molecule has 1 fully saturated rings. The molecule has 6 atom stereocenters. The zero-order chi connectivity index (χ0) is 47.4. The number of carbonyl (C=O) groups excluding carboxylic acids is 7. The first-order valence-corrected chi connectivity index (χ1v) is 22.5. The number of rotatable bonds is 25. The summed E-state index contributed by atoms with van der Waals surface area (Å²) in [5, 5.41) is 28.4. The lowest BCUT2D eigenvalue weighted by molar-refractivity contribution is -0.139. The van der Waals surface area contributed by atoms with Gasteiger partial charge in [-0.3, -0.25) is 34.2 Å². The van der Waals surface area contributed by atoms with Crippen molar-refractivity contribution in [3.63, 3.8) is 0 Å². The van der Waals surface area contributed by atoms with E-state index in [9.17, 15) is 33.6 Å². The fourth-order valence-electron chi connectivity index (χ4n) is 8.13. The second-order valence-corrected chi connectivity index (χ2v) is 16.5. The van der Waals surface area contributed by atoms with Crippen LogP contribution in [0.3, 0.4) is 0 Å². The van der Waals surface area contributed by atoms with E-state index in [4.69, 9.17) is 11.1 Å². The summed E-state index contributed by atoms with van der Waals surface area (Å²) in [7, 11) is 1.67. The molecular formula is C48H63N11O7. The number of benzene rings is 3. The third kappa shape index (κ3) is 15.0. The van der Waals surface area contributed by atoms with Crippen LogP contribution in [0.25, 0.3) is 10.9 Å². The van der Waals surface area contributed by atoms with Gasteiger partial charge in [0, 0.05) is 56.5 Å². The molecule has 0 spiro atoms. The second kappa shape index (κ2) is 25.4. The van der Waals surface area contributed by atoms with Crippen LogP contribution in [0.4, 0.5) is 0 Å². The van der Waals surface area contributed by atoms with Crippen molar-refractivity contribution in [3.8, 4) is 0 Å². The van der Waals surface area contributed by atoms with Crippen LogP contribution >= 0.6 is 0 Å². The monoisotopic (exact) mass is 905 g/mol. The Bertz CT molecular complexity index is 2270. The van der Waals surface area contributed by atoms with Gasteiger partial charge in [-0.2, -0.15) is 0 Å². The predicted molar refractivity (Wildman–Crippen MR) is 251 cm³/mol. The molecule has 3 unspecified atom stereocenters. The Morgan fingerprint density at radius 3 is 1.88 bits per heavy atom. The molecule has 0 radical (unpaired) electrons. The quantitative estimate of drug-likeness (QED) is 0.0196. The van der Waals surface area contributed by atoms with Gasteiger partial charge in [0.2, 0.25) is 35.4 Å². The average Bonchev–Trinajstić information content (AvgIpc) is 3.97. The third-order valence-corrected chi connectivity index (χ3v) is 11.6. The first-order valence-electron chi connectivity index (χ1n) is 22.5. The highest BCUT2D eigenvalue weighted by Crippen LogP contribution is 2.21. The second-order valence-electron chi connectivity index (χ2n) is 16.5. The summed E-state index contributed by atoms with van der Waals surface area (Å²) in [5.41, 5.74) is 8.87. The van der Waals surface area contributed by atoms with Crippen molar-refractivity contribution in [1.82, 2.24) is 47.1 Å². The minimum absolute atomic E-state index is 0.0473. The first-order chi connectivity index (χ1) is 31.9. The van der Waals surface area contributed by atoms with Gasteiger partial charge < -0.3 is 57.6 Å². The zero-order valence-corrected chi connectivity index (χ0v) is 37.6. The topological polar surface area (TPSA) is 273 Å². The number of hydrogen-bond donors (Lipinski definition) is 10. The fraction of sp³-hybridized carbons (Fsp3) is 0.417. The molecule has 3 aromatic carbocycles. The van der Waals surface area contributed by atoms with Gasteiger partial charge in [0.1, 0.15) is 30.5 Å². The van der Waals surface area contributed by atoms with Crippen LogP contribution in [0.15, 0.2) is 91.1 Å². The molecule has 0 saturated carbocycles. The number of aldehydes is 1. The van der Waals surface area contributed by atoms with E-state index in [1.807, 2.05) is 84.9 Å². The van der Waals surface area contributed by atoms with Gasteiger partial charge in [0.25, 0.3) is 0 Å². The largest absolute Gasteiger partial charge is 0.370 e. The Morgan fingerprint density at radius 2 is 1.26 bits per heavy atom. The predicted octanol–water partition coefficient (Wildman–Crippen LogP) is 1.09. The number of likely N-dealkylation sites (N-methyl/N-ethyl adjacent to an activating group) is 1. The molecule has 2 heterocycles. The third-order valence-electron chi connectivity index (χ3n) is 11.6. The molecule has 1 aliphatic heterocycles. The van der Waals surface area contributed by atoms with E-state index in [2.05, 4.69) is 42.2 Å². The number of likely N-dealkylation sites (tertiary alicyclic amines) is 1. The molecular weight excluding hydrogens is 843 g/mol. The molecule has 0 aliphatic carbocycles. The van der Waals surface area contributed by atoms with Crippen molar-refractivity contribution in [2.24, 2.45) is 5.73 Å². The summed E-state index contributed by atoms with van der Waals surface area (Å²) < 4.78 is 0. The Hall–Kier alpha value is -7.08. The minimum atomic E-state index is -1.09. The lowest BCUT2D eigenvalue weighted by atomic mass is 10.0. The summed E-state index contributed by atoms with van der Waals surface area (Å²) in [6.45, 7) is 1.94. The molecule has 4 aromatic rings. The number of guanidine groups is 1. The molecule has 66 heavy (non-hydrogen) atoms. The number of H-pyrrole nitrogens is 1. The lowest BCUT2D eigenvalue weighted by Crippen LogP contribution is -2.57. The van der Waals surface area contributed by atoms with Gasteiger partial charge in [0.15, 0.2) is 5.96 Å². The van der Waals surface area contributed by atoms with Crippen molar-refractivity contribution in [1.29, 1.82) is 5.41 Å². The van der Waals surface area contributed by atoms with Crippen molar-refractivity contribution in [2.75, 3.05) is 26.7 Å². The summed E-state index contributed by atoms with van der Waals surface area (Å²) >= 11 is 0. The summed E-state index contributed by atoms with van der Waals surface area (Å²) in [4.78, 5) is 98.6. The molecule has 6 amide bonds. The normalized spacial score (nSPS) is 15.6. The maximum Gasteiger partial charge on any atom is 0.245 e. The fourth-order valence-corrected chi connectivity index (χ4v) is 8.13. The van der Waals surface area contributed by atoms with Crippen LogP contribution in [-0.4, -0.2) is 121 Å². The molecule has 18 nitrogen and oxygen atoms in total. The van der Waals surface area contributed by atoms with Crippen LogP contribution in [0.1, 0.15) is 62.1 Å². The molecule has 18 heteroatoms. The van der Waals surface area contributed by atoms with E-state index >= 15 is 0 Å². The van der Waals surface area contributed by atoms with Gasteiger partial charge >= 0.3 is 0 Å². The van der Waals surface area contributed by atoms with Crippen molar-refractivity contribution in [3.05, 3.63) is 108 Å². The van der Waals surface area contributed by atoms with Crippen LogP contribution < -0.4 is 43.0 Å². The minimum Gasteiger partial charge on any atom is -0.370 e. The van der Waals surface area contributed by atoms with E-state index < -0.39 is 71.7 Å². The number of nitrogens with one attached hydrogen (secondary N) is 9. The lowest BCUT2D eigenvalue weighted by Gasteiger charge is -2.28. The number of carbonyl (C=O) groups is 7. The summed E-state index contributed by atoms with van der Waals surface area (Å²) in [6, 6.07) is 20.7. The average molecular weight is 906 g/mol. The highest BCUT2D eigenvalue weighted by molar-refractivity contribution is 5.95. The van der Waals surface area contributed by atoms with E-state index in [0.717, 1.165) is 33.9 Å². The van der Waals surface area contributed by atoms with Crippen LogP contribution in [0.5, 0.6) is 0 Å². The number of hydrogen-bond acceptors (Lipinski definition) is 9. The summed E-state index contributed by atoms with van der Waals surface area (Å²) in [6.07, 6.45) is 5.07. The SMILES string of the molecule is CN[C@H](Cc1ccccc1)C(=O)NC(Cc1c[nH]c2ccccc12)C(=O)NC(CCCNC(=N)N)C(=O)NCCC[C@H](NC(=O)[C@H](Cc1ccccc1)NC(C)=O)C(=O)N1CCCC1C=O. The number of para-hydroxylation sites is 1. The Kier molecular flexibility index (Phi) is 19.2. The Labute approximate surface area is 384 Å². The van der Waals surface area contributed by atoms with Gasteiger partial charge in [-0.25, -0.2) is 0 Å². The molecule has 1 aliphatic rings. The van der Waals surface area contributed by atoms with E-state index in [1.165, 1.54) is 11.8 Å². The van der Waals surface area contributed by atoms with Gasteiger partial charge in [-0.15, -0.1) is 0 Å². The standard InChI is InChI=1S/C48H63N11O7/c1-31(61)55-41(27-33-16-7-4-8-17-33)45(64)57-39(47(66)59-25-13-18-35(59)30-60)22-12-23-52-43(62)38(21-11-24-53-48(49)50)56-46(65)42(28-34-29-54-37-20-10-9-19-36(34)37)58-44(63)40(51-2)26-32-14-5-3-6-15-32/h3-10,14-17,19-20,29-30,35,38-42,51,54H,11-13,18,21-28H2,1-2H3,(H,52,62)(H,55,61)(H,56,65)(H,57,64)(H,58,63)(H4,49,50,53)/t35?,38?,39-,40+,41-,42?/m0/s1. The van der Waals surface area contributed by atoms with Crippen molar-refractivity contribution >= 4 is 58.6 Å². The highest BCUT2D eigenvalue weighted by atomic mass is 16.2. The number of nitrogens with two attached hydrogens (primary N) is 1. The maximum atomic E-state index is 14.3. The zero-order valence-electron chi connectivity index (χ0n) is 37.6.